The highest BCUT2D eigenvalue weighted by atomic mass is 35.5. The highest BCUT2D eigenvalue weighted by Crippen LogP contribution is 2.39. The first kappa shape index (κ1) is 11.1. The average molecular weight is 282 g/mol. The van der Waals surface area contributed by atoms with Gasteiger partial charge in [-0.2, -0.15) is 0 Å². The molecular formula is C13H16ClN3S. The predicted molar refractivity (Wildman–Crippen MR) is 75.7 cm³/mol. The first-order valence-electron chi connectivity index (χ1n) is 6.64. The molecule has 2 heterocycles. The third-order valence-corrected chi connectivity index (χ3v) is 4.89. The van der Waals surface area contributed by atoms with Crippen LogP contribution in [0.25, 0.3) is 4.96 Å². The second-order valence-electron chi connectivity index (χ2n) is 5.40. The molecule has 96 valence electrons. The molecule has 5 heteroatoms. The van der Waals surface area contributed by atoms with Gasteiger partial charge in [-0.1, -0.05) is 0 Å². The van der Waals surface area contributed by atoms with Gasteiger partial charge < -0.3 is 4.90 Å². The summed E-state index contributed by atoms with van der Waals surface area (Å²) >= 11 is 7.84. The van der Waals surface area contributed by atoms with Crippen LogP contribution in [0, 0.1) is 5.92 Å². The molecule has 0 saturated heterocycles. The van der Waals surface area contributed by atoms with Gasteiger partial charge in [0, 0.05) is 24.2 Å². The molecule has 0 bridgehead atoms. The minimum absolute atomic E-state index is 0.543. The highest BCUT2D eigenvalue weighted by molar-refractivity contribution is 7.15. The Morgan fingerprint density at radius 3 is 2.89 bits per heavy atom. The summed E-state index contributed by atoms with van der Waals surface area (Å²) in [6.45, 7) is 1.18. The molecule has 2 aliphatic carbocycles. The third-order valence-electron chi connectivity index (χ3n) is 3.88. The van der Waals surface area contributed by atoms with E-state index in [4.69, 9.17) is 16.6 Å². The van der Waals surface area contributed by atoms with Gasteiger partial charge in [0.1, 0.15) is 0 Å². The second kappa shape index (κ2) is 4.14. The highest BCUT2D eigenvalue weighted by Gasteiger charge is 2.36. The largest absolute Gasteiger partial charge is 0.352 e. The van der Waals surface area contributed by atoms with Gasteiger partial charge in [-0.05, 0) is 31.6 Å². The van der Waals surface area contributed by atoms with Gasteiger partial charge in [-0.15, -0.1) is 22.9 Å². The summed E-state index contributed by atoms with van der Waals surface area (Å²) in [6, 6.07) is 0.720. The van der Waals surface area contributed by atoms with E-state index in [2.05, 4.69) is 20.9 Å². The summed E-state index contributed by atoms with van der Waals surface area (Å²) in [7, 11) is 0. The van der Waals surface area contributed by atoms with Crippen molar-refractivity contribution < 1.29 is 0 Å². The summed E-state index contributed by atoms with van der Waals surface area (Å²) in [5.41, 5.74) is 1.17. The fraction of sp³-hybridized carbons (Fsp3) is 0.615. The SMILES string of the molecule is ClCc1c(N(CC2CC2)C2CC2)nc2sccn12. The quantitative estimate of drug-likeness (QED) is 0.782. The smallest absolute Gasteiger partial charge is 0.195 e. The van der Waals surface area contributed by atoms with E-state index in [1.54, 1.807) is 11.3 Å². The summed E-state index contributed by atoms with van der Waals surface area (Å²) in [5.74, 6) is 2.58. The topological polar surface area (TPSA) is 20.5 Å². The fourth-order valence-corrected chi connectivity index (χ4v) is 3.52. The summed E-state index contributed by atoms with van der Waals surface area (Å²) in [5, 5.41) is 2.07. The lowest BCUT2D eigenvalue weighted by Crippen LogP contribution is -2.29. The molecular weight excluding hydrogens is 266 g/mol. The molecule has 2 aromatic rings. The van der Waals surface area contributed by atoms with Crippen LogP contribution in [0.15, 0.2) is 11.6 Å². The van der Waals surface area contributed by atoms with Crippen LogP contribution in [0.3, 0.4) is 0 Å². The van der Waals surface area contributed by atoms with E-state index in [0.29, 0.717) is 5.88 Å². The molecule has 2 saturated carbocycles. The van der Waals surface area contributed by atoms with Gasteiger partial charge in [0.25, 0.3) is 0 Å². The Bertz CT molecular complexity index is 568. The second-order valence-corrected chi connectivity index (χ2v) is 6.54. The van der Waals surface area contributed by atoms with Crippen LogP contribution in [0.5, 0.6) is 0 Å². The van der Waals surface area contributed by atoms with E-state index in [1.165, 1.54) is 37.9 Å². The van der Waals surface area contributed by atoms with E-state index in [9.17, 15) is 0 Å². The Morgan fingerprint density at radius 1 is 1.39 bits per heavy atom. The van der Waals surface area contributed by atoms with E-state index in [1.807, 2.05) is 0 Å². The molecule has 2 aromatic heterocycles. The number of fused-ring (bicyclic) bond motifs is 1. The molecule has 0 unspecified atom stereocenters. The lowest BCUT2D eigenvalue weighted by atomic mass is 10.3. The van der Waals surface area contributed by atoms with Gasteiger partial charge in [-0.25, -0.2) is 4.98 Å². The minimum Gasteiger partial charge on any atom is -0.352 e. The molecule has 0 aromatic carbocycles. The molecule has 0 aliphatic heterocycles. The molecule has 2 fully saturated rings. The Balaban J connectivity index is 1.75. The number of thiazole rings is 1. The number of aromatic nitrogens is 2. The zero-order valence-corrected chi connectivity index (χ0v) is 11.8. The van der Waals surface area contributed by atoms with Crippen molar-refractivity contribution in [1.29, 1.82) is 0 Å². The maximum atomic E-state index is 6.15. The monoisotopic (exact) mass is 281 g/mol. The summed E-state index contributed by atoms with van der Waals surface area (Å²) in [4.78, 5) is 8.40. The lowest BCUT2D eigenvalue weighted by Gasteiger charge is -2.23. The number of hydrogen-bond donors (Lipinski definition) is 0. The Kier molecular flexibility index (Phi) is 2.55. The van der Waals surface area contributed by atoms with E-state index >= 15 is 0 Å². The van der Waals surface area contributed by atoms with Crippen LogP contribution in [0.2, 0.25) is 0 Å². The molecule has 0 atom stereocenters. The van der Waals surface area contributed by atoms with Crippen molar-refractivity contribution in [2.24, 2.45) is 5.92 Å². The average Bonchev–Trinajstić information content (AvgIpc) is 3.26. The third kappa shape index (κ3) is 1.82. The van der Waals surface area contributed by atoms with Crippen LogP contribution < -0.4 is 4.90 Å². The number of rotatable bonds is 5. The Hall–Kier alpha value is -0.740. The van der Waals surface area contributed by atoms with Gasteiger partial charge >= 0.3 is 0 Å². The number of anilines is 1. The fourth-order valence-electron chi connectivity index (χ4n) is 2.55. The zero-order valence-electron chi connectivity index (χ0n) is 10.2. The molecule has 18 heavy (non-hydrogen) atoms. The van der Waals surface area contributed by atoms with Gasteiger partial charge in [-0.3, -0.25) is 4.40 Å². The van der Waals surface area contributed by atoms with Gasteiger partial charge in [0.2, 0.25) is 0 Å². The standard InChI is InChI=1S/C13H16ClN3S/c14-7-11-12(15-13-16(11)5-6-18-13)17(10-3-4-10)8-9-1-2-9/h5-6,9-10H,1-4,7-8H2. The molecule has 0 spiro atoms. The molecule has 2 aliphatic rings. The maximum Gasteiger partial charge on any atom is 0.195 e. The van der Waals surface area contributed by atoms with Crippen LogP contribution in [-0.4, -0.2) is 22.0 Å². The lowest BCUT2D eigenvalue weighted by molar-refractivity contribution is 0.708. The van der Waals surface area contributed by atoms with Crippen molar-refractivity contribution >= 4 is 33.7 Å². The maximum absolute atomic E-state index is 6.15. The molecule has 3 nitrogen and oxygen atoms in total. The van der Waals surface area contributed by atoms with Gasteiger partial charge in [0.05, 0.1) is 11.6 Å². The number of alkyl halides is 1. The Labute approximate surface area is 115 Å². The normalized spacial score (nSPS) is 19.6. The number of imidazole rings is 1. The van der Waals surface area contributed by atoms with Crippen LogP contribution in [0.4, 0.5) is 5.82 Å². The summed E-state index contributed by atoms with van der Waals surface area (Å²) < 4.78 is 2.15. The van der Waals surface area contributed by atoms with Crippen molar-refractivity contribution in [3.05, 3.63) is 17.3 Å². The Morgan fingerprint density at radius 2 is 2.22 bits per heavy atom. The van der Waals surface area contributed by atoms with Crippen LogP contribution in [-0.2, 0) is 5.88 Å². The zero-order chi connectivity index (χ0) is 12.1. The van der Waals surface area contributed by atoms with Crippen molar-refractivity contribution in [3.8, 4) is 0 Å². The molecule has 0 N–H and O–H groups in total. The van der Waals surface area contributed by atoms with Crippen molar-refractivity contribution in [2.45, 2.75) is 37.6 Å². The van der Waals surface area contributed by atoms with Crippen molar-refractivity contribution in [2.75, 3.05) is 11.4 Å². The van der Waals surface area contributed by atoms with Crippen LogP contribution in [0.1, 0.15) is 31.4 Å². The number of halogens is 1. The van der Waals surface area contributed by atoms with E-state index in [-0.39, 0.29) is 0 Å². The molecule has 4 rings (SSSR count). The first-order valence-corrected chi connectivity index (χ1v) is 8.05. The molecule has 0 amide bonds. The number of hydrogen-bond acceptors (Lipinski definition) is 3. The van der Waals surface area contributed by atoms with E-state index in [0.717, 1.165) is 22.7 Å². The first-order chi connectivity index (χ1) is 8.86. The van der Waals surface area contributed by atoms with Gasteiger partial charge in [0.15, 0.2) is 10.8 Å². The minimum atomic E-state index is 0.543. The molecule has 0 radical (unpaired) electrons. The van der Waals surface area contributed by atoms with Crippen LogP contribution >= 0.6 is 22.9 Å². The van der Waals surface area contributed by atoms with E-state index < -0.39 is 0 Å². The van der Waals surface area contributed by atoms with Crippen molar-refractivity contribution in [1.82, 2.24) is 9.38 Å². The summed E-state index contributed by atoms with van der Waals surface area (Å²) in [6.07, 6.45) is 7.50. The predicted octanol–water partition coefficient (Wildman–Crippen LogP) is 3.51. The van der Waals surface area contributed by atoms with Crippen molar-refractivity contribution in [3.63, 3.8) is 0 Å². The number of nitrogens with zero attached hydrogens (tertiary/aromatic N) is 3.